The van der Waals surface area contributed by atoms with E-state index >= 15 is 0 Å². The third-order valence-corrected chi connectivity index (χ3v) is 7.94. The Morgan fingerprint density at radius 3 is 2.26 bits per heavy atom. The van der Waals surface area contributed by atoms with E-state index in [2.05, 4.69) is 15.0 Å². The summed E-state index contributed by atoms with van der Waals surface area (Å²) in [6, 6.07) is 13.2. The summed E-state index contributed by atoms with van der Waals surface area (Å²) in [5.74, 6) is 1.11. The van der Waals surface area contributed by atoms with Crippen LogP contribution in [0.2, 0.25) is 0 Å². The Balaban J connectivity index is 1.42. The molecule has 4 rings (SSSR count). The standard InChI is InChI=1S/C23H28N4O3S/c1-16-5-8-20(9-6-16)22-24-23(30-25-22)19(4)26-11-13-27(14-12-26)31(28,29)21-10-7-17(2)18(3)15-21/h5-10,15,19H,11-14H2,1-4H3/t19-/m0/s1. The van der Waals surface area contributed by atoms with Gasteiger partial charge in [0.25, 0.3) is 0 Å². The first-order valence-corrected chi connectivity index (χ1v) is 11.9. The number of rotatable bonds is 5. The molecule has 1 saturated heterocycles. The third kappa shape index (κ3) is 4.42. The molecule has 0 aliphatic carbocycles. The fourth-order valence-corrected chi connectivity index (χ4v) is 5.24. The Morgan fingerprint density at radius 1 is 0.935 bits per heavy atom. The van der Waals surface area contributed by atoms with Gasteiger partial charge in [-0.15, -0.1) is 0 Å². The quantitative estimate of drug-likeness (QED) is 0.601. The van der Waals surface area contributed by atoms with Gasteiger partial charge in [0, 0.05) is 31.7 Å². The average molecular weight is 441 g/mol. The molecule has 3 aromatic rings. The second-order valence-corrected chi connectivity index (χ2v) is 10.1. The molecule has 7 nitrogen and oxygen atoms in total. The van der Waals surface area contributed by atoms with E-state index in [9.17, 15) is 8.42 Å². The van der Waals surface area contributed by atoms with Crippen LogP contribution in [0.5, 0.6) is 0 Å². The van der Waals surface area contributed by atoms with E-state index in [-0.39, 0.29) is 6.04 Å². The summed E-state index contributed by atoms with van der Waals surface area (Å²) < 4.78 is 33.2. The van der Waals surface area contributed by atoms with Crippen molar-refractivity contribution in [2.24, 2.45) is 0 Å². The molecule has 0 N–H and O–H groups in total. The van der Waals surface area contributed by atoms with Crippen LogP contribution in [0.4, 0.5) is 0 Å². The summed E-state index contributed by atoms with van der Waals surface area (Å²) >= 11 is 0. The molecule has 1 fully saturated rings. The van der Waals surface area contributed by atoms with Crippen LogP contribution >= 0.6 is 0 Å². The van der Waals surface area contributed by atoms with Crippen LogP contribution in [0.1, 0.15) is 35.5 Å². The largest absolute Gasteiger partial charge is 0.337 e. The highest BCUT2D eigenvalue weighted by molar-refractivity contribution is 7.89. The van der Waals surface area contributed by atoms with Gasteiger partial charge in [0.1, 0.15) is 0 Å². The molecular formula is C23H28N4O3S. The number of aromatic nitrogens is 2. The number of nitrogens with zero attached hydrogens (tertiary/aromatic N) is 4. The number of aryl methyl sites for hydroxylation is 3. The van der Waals surface area contributed by atoms with Gasteiger partial charge in [-0.05, 0) is 51.0 Å². The predicted octanol–water partition coefficient (Wildman–Crippen LogP) is 3.73. The SMILES string of the molecule is Cc1ccc(-c2noc([C@H](C)N3CCN(S(=O)(=O)c4ccc(C)c(C)c4)CC3)n2)cc1. The molecule has 8 heteroatoms. The number of hydrogen-bond acceptors (Lipinski definition) is 6. The maximum Gasteiger partial charge on any atom is 0.244 e. The van der Waals surface area contributed by atoms with Crippen LogP contribution in [-0.2, 0) is 10.0 Å². The van der Waals surface area contributed by atoms with E-state index < -0.39 is 10.0 Å². The highest BCUT2D eigenvalue weighted by atomic mass is 32.2. The maximum absolute atomic E-state index is 13.0. The van der Waals surface area contributed by atoms with Crippen molar-refractivity contribution >= 4 is 10.0 Å². The first kappa shape index (κ1) is 21.7. The molecule has 0 radical (unpaired) electrons. The molecule has 0 spiro atoms. The van der Waals surface area contributed by atoms with Crippen molar-refractivity contribution < 1.29 is 12.9 Å². The zero-order chi connectivity index (χ0) is 22.2. The van der Waals surface area contributed by atoms with Crippen molar-refractivity contribution in [2.75, 3.05) is 26.2 Å². The van der Waals surface area contributed by atoms with E-state index in [1.54, 1.807) is 16.4 Å². The predicted molar refractivity (Wildman–Crippen MR) is 119 cm³/mol. The molecule has 164 valence electrons. The lowest BCUT2D eigenvalue weighted by Gasteiger charge is -2.36. The van der Waals surface area contributed by atoms with Crippen molar-refractivity contribution in [1.82, 2.24) is 19.3 Å². The average Bonchev–Trinajstić information content (AvgIpc) is 3.26. The second kappa shape index (κ2) is 8.53. The Hall–Kier alpha value is -2.55. The molecule has 0 saturated carbocycles. The second-order valence-electron chi connectivity index (χ2n) is 8.18. The van der Waals surface area contributed by atoms with Crippen LogP contribution in [0.3, 0.4) is 0 Å². The maximum atomic E-state index is 13.0. The molecule has 2 heterocycles. The summed E-state index contributed by atoms with van der Waals surface area (Å²) in [4.78, 5) is 7.10. The van der Waals surface area contributed by atoms with E-state index in [4.69, 9.17) is 4.52 Å². The fourth-order valence-electron chi connectivity index (χ4n) is 3.74. The lowest BCUT2D eigenvalue weighted by atomic mass is 10.1. The van der Waals surface area contributed by atoms with E-state index in [0.717, 1.165) is 16.7 Å². The van der Waals surface area contributed by atoms with Crippen molar-refractivity contribution in [3.05, 3.63) is 65.0 Å². The van der Waals surface area contributed by atoms with Gasteiger partial charge in [-0.1, -0.05) is 41.1 Å². The number of sulfonamides is 1. The van der Waals surface area contributed by atoms with Crippen LogP contribution in [0.15, 0.2) is 51.9 Å². The molecule has 0 bridgehead atoms. The van der Waals surface area contributed by atoms with Gasteiger partial charge in [0.15, 0.2) is 0 Å². The van der Waals surface area contributed by atoms with Crippen molar-refractivity contribution in [1.29, 1.82) is 0 Å². The van der Waals surface area contributed by atoms with Gasteiger partial charge >= 0.3 is 0 Å². The zero-order valence-corrected chi connectivity index (χ0v) is 19.2. The lowest BCUT2D eigenvalue weighted by molar-refractivity contribution is 0.124. The van der Waals surface area contributed by atoms with E-state index in [1.165, 1.54) is 5.56 Å². The Morgan fingerprint density at radius 2 is 1.61 bits per heavy atom. The molecule has 1 atom stereocenters. The summed E-state index contributed by atoms with van der Waals surface area (Å²) in [5, 5.41) is 4.12. The van der Waals surface area contributed by atoms with Gasteiger partial charge in [0.2, 0.25) is 21.7 Å². The smallest absolute Gasteiger partial charge is 0.244 e. The van der Waals surface area contributed by atoms with Crippen LogP contribution in [-0.4, -0.2) is 53.9 Å². The first-order chi connectivity index (χ1) is 14.8. The minimum atomic E-state index is -3.50. The summed E-state index contributed by atoms with van der Waals surface area (Å²) in [7, 11) is -3.50. The van der Waals surface area contributed by atoms with E-state index in [0.29, 0.717) is 42.8 Å². The fraction of sp³-hybridized carbons (Fsp3) is 0.391. The number of hydrogen-bond donors (Lipinski definition) is 0. The Bertz CT molecular complexity index is 1160. The number of benzene rings is 2. The Kier molecular flexibility index (Phi) is 5.96. The van der Waals surface area contributed by atoms with Gasteiger partial charge in [-0.25, -0.2) is 8.42 Å². The highest BCUT2D eigenvalue weighted by Crippen LogP contribution is 2.26. The van der Waals surface area contributed by atoms with Crippen molar-refractivity contribution in [2.45, 2.75) is 38.6 Å². The van der Waals surface area contributed by atoms with Gasteiger partial charge in [-0.3, -0.25) is 4.90 Å². The molecular weight excluding hydrogens is 412 g/mol. The van der Waals surface area contributed by atoms with Crippen molar-refractivity contribution in [3.8, 4) is 11.4 Å². The minimum absolute atomic E-state index is 0.0850. The van der Waals surface area contributed by atoms with Crippen LogP contribution in [0, 0.1) is 20.8 Å². The zero-order valence-electron chi connectivity index (χ0n) is 18.4. The molecule has 1 aliphatic rings. The van der Waals surface area contributed by atoms with Crippen molar-refractivity contribution in [3.63, 3.8) is 0 Å². The first-order valence-electron chi connectivity index (χ1n) is 10.5. The Labute approximate surface area is 183 Å². The van der Waals surface area contributed by atoms with Crippen LogP contribution < -0.4 is 0 Å². The molecule has 31 heavy (non-hydrogen) atoms. The summed E-state index contributed by atoms with van der Waals surface area (Å²) in [6.45, 7) is 10.0. The molecule has 0 unspecified atom stereocenters. The molecule has 1 aromatic heterocycles. The highest BCUT2D eigenvalue weighted by Gasteiger charge is 2.32. The van der Waals surface area contributed by atoms with Gasteiger partial charge in [-0.2, -0.15) is 9.29 Å². The third-order valence-electron chi connectivity index (χ3n) is 6.05. The minimum Gasteiger partial charge on any atom is -0.337 e. The molecule has 0 amide bonds. The monoisotopic (exact) mass is 440 g/mol. The van der Waals surface area contributed by atoms with Gasteiger partial charge < -0.3 is 4.52 Å². The normalized spacial score (nSPS) is 17.0. The lowest BCUT2D eigenvalue weighted by Crippen LogP contribution is -2.49. The number of piperazine rings is 1. The molecule has 1 aliphatic heterocycles. The topological polar surface area (TPSA) is 79.5 Å². The summed E-state index contributed by atoms with van der Waals surface area (Å²) in [6.07, 6.45) is 0. The molecule has 2 aromatic carbocycles. The van der Waals surface area contributed by atoms with Gasteiger partial charge in [0.05, 0.1) is 10.9 Å². The summed E-state index contributed by atoms with van der Waals surface area (Å²) in [5.41, 5.74) is 4.16. The van der Waals surface area contributed by atoms with Crippen LogP contribution in [0.25, 0.3) is 11.4 Å². The van der Waals surface area contributed by atoms with E-state index in [1.807, 2.05) is 58.0 Å².